The van der Waals surface area contributed by atoms with Crippen LogP contribution in [0, 0.1) is 4.77 Å². The molecule has 0 aliphatic rings. The second-order valence-corrected chi connectivity index (χ2v) is 4.11. The number of hydrogen-bond acceptors (Lipinski definition) is 5. The molecule has 0 spiro atoms. The number of pyridine rings is 1. The maximum Gasteiger partial charge on any atom is 0.264 e. The molecule has 0 fully saturated rings. The largest absolute Gasteiger partial charge is 0.494 e. The lowest BCUT2D eigenvalue weighted by Crippen LogP contribution is -2.13. The van der Waals surface area contributed by atoms with Crippen molar-refractivity contribution in [2.45, 2.75) is 0 Å². The van der Waals surface area contributed by atoms with E-state index in [4.69, 9.17) is 23.8 Å². The van der Waals surface area contributed by atoms with Crippen LogP contribution in [0.1, 0.15) is 5.56 Å². The Hall–Kier alpha value is -1.99. The topological polar surface area (TPSA) is 94.1 Å². The number of rotatable bonds is 2. The van der Waals surface area contributed by atoms with Gasteiger partial charge < -0.3 is 10.1 Å². The standard InChI is InChI=1S/C10H7ClN4O2S/c11-5-1-2-12-7(3-5)13-4-6-8(16)14-10(18)15-9(6)17/h1-4H,(H3,14,15,16,17,18). The lowest BCUT2D eigenvalue weighted by Gasteiger charge is -1.97. The summed E-state index contributed by atoms with van der Waals surface area (Å²) in [6.45, 7) is 0. The molecular formula is C10H7ClN4O2S. The average Bonchev–Trinajstić information content (AvgIpc) is 2.27. The zero-order valence-electron chi connectivity index (χ0n) is 8.85. The molecule has 0 bridgehead atoms. The first kappa shape index (κ1) is 12.5. The number of halogens is 1. The van der Waals surface area contributed by atoms with Gasteiger partial charge >= 0.3 is 0 Å². The van der Waals surface area contributed by atoms with Crippen LogP contribution in [0.15, 0.2) is 28.1 Å². The van der Waals surface area contributed by atoms with E-state index in [0.717, 1.165) is 0 Å². The molecule has 8 heteroatoms. The molecular weight excluding hydrogens is 276 g/mol. The van der Waals surface area contributed by atoms with Crippen LogP contribution >= 0.6 is 23.8 Å². The fourth-order valence-electron chi connectivity index (χ4n) is 1.20. The Labute approximate surface area is 111 Å². The van der Waals surface area contributed by atoms with Crippen LogP contribution in [-0.4, -0.2) is 26.3 Å². The van der Waals surface area contributed by atoms with Gasteiger partial charge in [-0.2, -0.15) is 0 Å². The summed E-state index contributed by atoms with van der Waals surface area (Å²) in [4.78, 5) is 24.1. The molecule has 0 aliphatic carbocycles. The number of aromatic hydroxyl groups is 1. The minimum Gasteiger partial charge on any atom is -0.494 e. The van der Waals surface area contributed by atoms with Crippen LogP contribution in [0.4, 0.5) is 5.82 Å². The van der Waals surface area contributed by atoms with Gasteiger partial charge in [-0.05, 0) is 18.3 Å². The zero-order valence-corrected chi connectivity index (χ0v) is 10.4. The summed E-state index contributed by atoms with van der Waals surface area (Å²) in [6, 6.07) is 3.12. The van der Waals surface area contributed by atoms with Crippen molar-refractivity contribution in [3.63, 3.8) is 0 Å². The molecule has 6 nitrogen and oxygen atoms in total. The SMILES string of the molecule is O=c1[nH]c(=S)[nH]c(O)c1C=Nc1cc(Cl)ccn1. The van der Waals surface area contributed by atoms with E-state index >= 15 is 0 Å². The molecule has 0 saturated heterocycles. The molecule has 0 aliphatic heterocycles. The molecule has 2 aromatic rings. The van der Waals surface area contributed by atoms with Gasteiger partial charge in [-0.3, -0.25) is 9.78 Å². The second-order valence-electron chi connectivity index (χ2n) is 3.26. The number of hydrogen-bond donors (Lipinski definition) is 3. The summed E-state index contributed by atoms with van der Waals surface area (Å²) >= 11 is 10.5. The third-order valence-corrected chi connectivity index (χ3v) is 2.43. The molecule has 0 amide bonds. The summed E-state index contributed by atoms with van der Waals surface area (Å²) in [6.07, 6.45) is 2.66. The Balaban J connectivity index is 2.41. The molecule has 0 unspecified atom stereocenters. The predicted molar refractivity (Wildman–Crippen MR) is 70.4 cm³/mol. The minimum atomic E-state index is -0.540. The zero-order chi connectivity index (χ0) is 13.1. The van der Waals surface area contributed by atoms with Gasteiger partial charge in [0.15, 0.2) is 10.6 Å². The summed E-state index contributed by atoms with van der Waals surface area (Å²) in [5.74, 6) is -0.0294. The summed E-state index contributed by atoms with van der Waals surface area (Å²) in [5, 5.41) is 10.00. The highest BCUT2D eigenvalue weighted by Crippen LogP contribution is 2.14. The van der Waals surface area contributed by atoms with Gasteiger partial charge in [0.25, 0.3) is 5.56 Å². The van der Waals surface area contributed by atoms with Gasteiger partial charge in [-0.15, -0.1) is 0 Å². The molecule has 0 aromatic carbocycles. The monoisotopic (exact) mass is 282 g/mol. The Morgan fingerprint density at radius 2 is 2.28 bits per heavy atom. The van der Waals surface area contributed by atoms with Gasteiger partial charge in [-0.1, -0.05) is 11.6 Å². The fraction of sp³-hybridized carbons (Fsp3) is 0. The van der Waals surface area contributed by atoms with Gasteiger partial charge in [0.05, 0.1) is 0 Å². The highest BCUT2D eigenvalue weighted by atomic mass is 35.5. The van der Waals surface area contributed by atoms with Crippen molar-refractivity contribution < 1.29 is 5.11 Å². The third-order valence-electron chi connectivity index (χ3n) is 1.99. The molecule has 18 heavy (non-hydrogen) atoms. The first-order valence-corrected chi connectivity index (χ1v) is 5.56. The van der Waals surface area contributed by atoms with E-state index in [1.165, 1.54) is 18.5 Å². The van der Waals surface area contributed by atoms with Crippen molar-refractivity contribution in [3.05, 3.63) is 44.0 Å². The van der Waals surface area contributed by atoms with Crippen molar-refractivity contribution in [2.24, 2.45) is 4.99 Å². The molecule has 3 N–H and O–H groups in total. The summed E-state index contributed by atoms with van der Waals surface area (Å²) in [7, 11) is 0. The lowest BCUT2D eigenvalue weighted by atomic mass is 10.3. The van der Waals surface area contributed by atoms with Gasteiger partial charge in [-0.25, -0.2) is 9.98 Å². The molecule has 2 aromatic heterocycles. The van der Waals surface area contributed by atoms with Crippen molar-refractivity contribution in [3.8, 4) is 5.88 Å². The second kappa shape index (κ2) is 5.11. The summed E-state index contributed by atoms with van der Waals surface area (Å²) in [5.41, 5.74) is -0.576. The molecule has 2 heterocycles. The van der Waals surface area contributed by atoms with Crippen LogP contribution in [0.25, 0.3) is 0 Å². The van der Waals surface area contributed by atoms with Crippen LogP contribution in [0.3, 0.4) is 0 Å². The van der Waals surface area contributed by atoms with E-state index in [1.54, 1.807) is 6.07 Å². The Morgan fingerprint density at radius 3 is 2.94 bits per heavy atom. The first-order valence-electron chi connectivity index (χ1n) is 4.77. The number of nitrogens with zero attached hydrogens (tertiary/aromatic N) is 2. The van der Waals surface area contributed by atoms with E-state index in [-0.39, 0.29) is 16.2 Å². The Bertz CT molecular complexity index is 722. The van der Waals surface area contributed by atoms with Crippen molar-refractivity contribution in [1.82, 2.24) is 15.0 Å². The average molecular weight is 283 g/mol. The summed E-state index contributed by atoms with van der Waals surface area (Å²) < 4.78 is 0.0375. The molecule has 2 rings (SSSR count). The van der Waals surface area contributed by atoms with Crippen LogP contribution in [0.5, 0.6) is 5.88 Å². The predicted octanol–water partition coefficient (Wildman–Crippen LogP) is 1.94. The first-order chi connectivity index (χ1) is 8.56. The Kier molecular flexibility index (Phi) is 3.54. The van der Waals surface area contributed by atoms with Gasteiger partial charge in [0, 0.05) is 23.5 Å². The van der Waals surface area contributed by atoms with E-state index in [0.29, 0.717) is 10.8 Å². The van der Waals surface area contributed by atoms with E-state index in [2.05, 4.69) is 19.9 Å². The Morgan fingerprint density at radius 1 is 1.50 bits per heavy atom. The van der Waals surface area contributed by atoms with E-state index in [1.807, 2.05) is 0 Å². The van der Waals surface area contributed by atoms with Gasteiger partial charge in [0.2, 0.25) is 5.88 Å². The number of aliphatic imine (C=N–C) groups is 1. The highest BCUT2D eigenvalue weighted by molar-refractivity contribution is 7.71. The quantitative estimate of drug-likeness (QED) is 0.579. The lowest BCUT2D eigenvalue weighted by molar-refractivity contribution is 0.449. The smallest absolute Gasteiger partial charge is 0.264 e. The molecule has 0 saturated carbocycles. The maximum absolute atomic E-state index is 11.5. The van der Waals surface area contributed by atoms with Crippen LogP contribution in [-0.2, 0) is 0 Å². The minimum absolute atomic E-state index is 0.0367. The van der Waals surface area contributed by atoms with Gasteiger partial charge in [0.1, 0.15) is 5.56 Å². The molecule has 0 radical (unpaired) electrons. The van der Waals surface area contributed by atoms with Crippen molar-refractivity contribution in [1.29, 1.82) is 0 Å². The van der Waals surface area contributed by atoms with E-state index in [9.17, 15) is 9.90 Å². The molecule has 92 valence electrons. The number of nitrogens with one attached hydrogen (secondary N) is 2. The van der Waals surface area contributed by atoms with E-state index < -0.39 is 5.56 Å². The number of H-pyrrole nitrogens is 2. The molecule has 0 atom stereocenters. The van der Waals surface area contributed by atoms with Crippen molar-refractivity contribution >= 4 is 35.9 Å². The van der Waals surface area contributed by atoms with Crippen molar-refractivity contribution in [2.75, 3.05) is 0 Å². The van der Waals surface area contributed by atoms with Crippen LogP contribution < -0.4 is 5.56 Å². The van der Waals surface area contributed by atoms with Crippen LogP contribution in [0.2, 0.25) is 5.02 Å². The number of aromatic amines is 2. The fourth-order valence-corrected chi connectivity index (χ4v) is 1.54. The maximum atomic E-state index is 11.5. The third kappa shape index (κ3) is 2.82. The number of aromatic nitrogens is 3. The normalized spacial score (nSPS) is 10.9. The highest BCUT2D eigenvalue weighted by Gasteiger charge is 2.04.